The van der Waals surface area contributed by atoms with Crippen molar-refractivity contribution in [1.82, 2.24) is 5.32 Å². The van der Waals surface area contributed by atoms with Gasteiger partial charge in [-0.2, -0.15) is 0 Å². The molecule has 3 heteroatoms. The minimum Gasteiger partial charge on any atom is -0.366 e. The minimum atomic E-state index is -0.407. The molecule has 1 aromatic rings. The van der Waals surface area contributed by atoms with Crippen molar-refractivity contribution < 1.29 is 4.79 Å². The van der Waals surface area contributed by atoms with Gasteiger partial charge >= 0.3 is 0 Å². The smallest absolute Gasteiger partial charge is 0.248 e. The SMILES string of the molecule is CC1=CC(c2cccc(C(N)=O)c2)=C(C)[N]1. The number of amides is 1. The number of rotatable bonds is 2. The van der Waals surface area contributed by atoms with Gasteiger partial charge < -0.3 is 5.73 Å². The lowest BCUT2D eigenvalue weighted by Gasteiger charge is -2.03. The maximum atomic E-state index is 11.1. The van der Waals surface area contributed by atoms with Crippen molar-refractivity contribution >= 4 is 11.5 Å². The van der Waals surface area contributed by atoms with Gasteiger partial charge in [-0.25, -0.2) is 0 Å². The highest BCUT2D eigenvalue weighted by atomic mass is 16.1. The molecule has 1 aliphatic heterocycles. The van der Waals surface area contributed by atoms with Crippen molar-refractivity contribution in [2.75, 3.05) is 0 Å². The molecule has 1 radical (unpaired) electrons. The van der Waals surface area contributed by atoms with E-state index in [4.69, 9.17) is 5.73 Å². The monoisotopic (exact) mass is 213 g/mol. The van der Waals surface area contributed by atoms with Gasteiger partial charge in [0.05, 0.1) is 0 Å². The molecule has 1 aromatic carbocycles. The molecule has 1 heterocycles. The van der Waals surface area contributed by atoms with Crippen molar-refractivity contribution in [2.24, 2.45) is 5.73 Å². The van der Waals surface area contributed by atoms with Gasteiger partial charge in [0.15, 0.2) is 0 Å². The number of hydrogen-bond donors (Lipinski definition) is 1. The number of nitrogens with two attached hydrogens (primary N) is 1. The summed E-state index contributed by atoms with van der Waals surface area (Å²) in [6.07, 6.45) is 2.01. The first-order valence-electron chi connectivity index (χ1n) is 5.09. The molecule has 0 saturated carbocycles. The number of primary amides is 1. The van der Waals surface area contributed by atoms with E-state index in [0.29, 0.717) is 5.56 Å². The van der Waals surface area contributed by atoms with E-state index < -0.39 is 5.91 Å². The summed E-state index contributed by atoms with van der Waals surface area (Å²) in [7, 11) is 0. The lowest BCUT2D eigenvalue weighted by molar-refractivity contribution is 0.100. The molecule has 0 aliphatic carbocycles. The van der Waals surface area contributed by atoms with Crippen LogP contribution < -0.4 is 11.1 Å². The predicted octanol–water partition coefficient (Wildman–Crippen LogP) is 2.04. The second kappa shape index (κ2) is 3.85. The number of hydrogen-bond acceptors (Lipinski definition) is 1. The van der Waals surface area contributed by atoms with E-state index in [1.807, 2.05) is 32.1 Å². The van der Waals surface area contributed by atoms with Crippen LogP contribution in [-0.4, -0.2) is 5.91 Å². The molecule has 16 heavy (non-hydrogen) atoms. The van der Waals surface area contributed by atoms with Crippen LogP contribution in [0.4, 0.5) is 0 Å². The molecule has 0 bridgehead atoms. The van der Waals surface area contributed by atoms with Crippen molar-refractivity contribution in [3.05, 3.63) is 52.9 Å². The van der Waals surface area contributed by atoms with Gasteiger partial charge in [-0.1, -0.05) is 12.1 Å². The number of carbonyl (C=O) groups excluding carboxylic acids is 1. The third-order valence-electron chi connectivity index (χ3n) is 2.55. The molecule has 3 nitrogen and oxygen atoms in total. The van der Waals surface area contributed by atoms with Crippen LogP contribution in [0.25, 0.3) is 5.57 Å². The summed E-state index contributed by atoms with van der Waals surface area (Å²) in [6, 6.07) is 7.29. The molecule has 1 amide bonds. The maximum Gasteiger partial charge on any atom is 0.248 e. The van der Waals surface area contributed by atoms with Crippen LogP contribution in [0.15, 0.2) is 41.7 Å². The minimum absolute atomic E-state index is 0.407. The van der Waals surface area contributed by atoms with Crippen molar-refractivity contribution in [1.29, 1.82) is 0 Å². The van der Waals surface area contributed by atoms with Crippen LogP contribution in [0.3, 0.4) is 0 Å². The second-order valence-electron chi connectivity index (χ2n) is 3.84. The van der Waals surface area contributed by atoms with E-state index in [9.17, 15) is 4.79 Å². The molecular formula is C13H13N2O. The zero-order chi connectivity index (χ0) is 11.7. The summed E-state index contributed by atoms with van der Waals surface area (Å²) < 4.78 is 0. The summed E-state index contributed by atoms with van der Waals surface area (Å²) in [5.41, 5.74) is 9.77. The van der Waals surface area contributed by atoms with Crippen LogP contribution in [0, 0.1) is 0 Å². The highest BCUT2D eigenvalue weighted by molar-refractivity contribution is 5.94. The number of carbonyl (C=O) groups is 1. The van der Waals surface area contributed by atoms with Crippen LogP contribution in [-0.2, 0) is 0 Å². The fraction of sp³-hybridized carbons (Fsp3) is 0.154. The zero-order valence-electron chi connectivity index (χ0n) is 9.32. The first kappa shape index (κ1) is 10.5. The van der Waals surface area contributed by atoms with Gasteiger partial charge in [0.25, 0.3) is 0 Å². The predicted molar refractivity (Wildman–Crippen MR) is 63.4 cm³/mol. The normalized spacial score (nSPS) is 14.8. The molecule has 0 fully saturated rings. The zero-order valence-corrected chi connectivity index (χ0v) is 9.32. The van der Waals surface area contributed by atoms with Gasteiger partial charge in [0, 0.05) is 22.5 Å². The second-order valence-corrected chi connectivity index (χ2v) is 3.84. The molecule has 2 rings (SSSR count). The Kier molecular flexibility index (Phi) is 2.52. The Bertz CT molecular complexity index is 512. The average Bonchev–Trinajstić information content (AvgIpc) is 2.58. The van der Waals surface area contributed by atoms with Crippen LogP contribution in [0.1, 0.15) is 29.8 Å². The van der Waals surface area contributed by atoms with E-state index in [1.165, 1.54) is 0 Å². The lowest BCUT2D eigenvalue weighted by Crippen LogP contribution is -2.10. The van der Waals surface area contributed by atoms with Crippen molar-refractivity contribution in [3.8, 4) is 0 Å². The quantitative estimate of drug-likeness (QED) is 0.803. The summed E-state index contributed by atoms with van der Waals surface area (Å²) >= 11 is 0. The first-order chi connectivity index (χ1) is 7.58. The summed E-state index contributed by atoms with van der Waals surface area (Å²) in [5, 5.41) is 4.35. The Morgan fingerprint density at radius 1 is 1.31 bits per heavy atom. The van der Waals surface area contributed by atoms with E-state index in [0.717, 1.165) is 22.5 Å². The first-order valence-corrected chi connectivity index (χ1v) is 5.09. The lowest BCUT2D eigenvalue weighted by atomic mass is 10.0. The average molecular weight is 213 g/mol. The van der Waals surface area contributed by atoms with Crippen LogP contribution in [0.2, 0.25) is 0 Å². The number of allylic oxidation sites excluding steroid dienone is 4. The molecule has 0 aromatic heterocycles. The van der Waals surface area contributed by atoms with Crippen LogP contribution in [0.5, 0.6) is 0 Å². The van der Waals surface area contributed by atoms with E-state index in [-0.39, 0.29) is 0 Å². The number of benzene rings is 1. The standard InChI is InChI=1S/C13H13N2O/c1-8-6-12(9(2)15-8)10-4-3-5-11(7-10)13(14)16/h3-7H,1-2H3,(H2,14,16). The van der Waals surface area contributed by atoms with Crippen molar-refractivity contribution in [3.63, 3.8) is 0 Å². The molecule has 2 N–H and O–H groups in total. The Morgan fingerprint density at radius 2 is 2.06 bits per heavy atom. The Balaban J connectivity index is 2.45. The molecule has 1 aliphatic rings. The Hall–Kier alpha value is -2.03. The van der Waals surface area contributed by atoms with Gasteiger partial charge in [-0.05, 0) is 37.6 Å². The molecule has 0 unspecified atom stereocenters. The summed E-state index contributed by atoms with van der Waals surface area (Å²) in [4.78, 5) is 11.1. The molecule has 0 atom stereocenters. The van der Waals surface area contributed by atoms with Gasteiger partial charge in [0.1, 0.15) is 0 Å². The van der Waals surface area contributed by atoms with E-state index in [1.54, 1.807) is 12.1 Å². The Labute approximate surface area is 94.7 Å². The molecule has 0 saturated heterocycles. The third kappa shape index (κ3) is 1.84. The maximum absolute atomic E-state index is 11.1. The molecule has 0 spiro atoms. The fourth-order valence-electron chi connectivity index (χ4n) is 1.80. The number of nitrogens with zero attached hydrogens (tertiary/aromatic N) is 1. The fourth-order valence-corrected chi connectivity index (χ4v) is 1.80. The highest BCUT2D eigenvalue weighted by Crippen LogP contribution is 2.26. The van der Waals surface area contributed by atoms with Crippen LogP contribution >= 0.6 is 0 Å². The van der Waals surface area contributed by atoms with Gasteiger partial charge in [-0.15, -0.1) is 0 Å². The molecule has 81 valence electrons. The van der Waals surface area contributed by atoms with E-state index >= 15 is 0 Å². The topological polar surface area (TPSA) is 57.2 Å². The van der Waals surface area contributed by atoms with Gasteiger partial charge in [-0.3, -0.25) is 10.1 Å². The van der Waals surface area contributed by atoms with Crippen molar-refractivity contribution in [2.45, 2.75) is 13.8 Å². The third-order valence-corrected chi connectivity index (χ3v) is 2.55. The Morgan fingerprint density at radius 3 is 2.62 bits per heavy atom. The summed E-state index contributed by atoms with van der Waals surface area (Å²) in [5.74, 6) is -0.407. The highest BCUT2D eigenvalue weighted by Gasteiger charge is 2.13. The molecular weight excluding hydrogens is 200 g/mol. The van der Waals surface area contributed by atoms with Gasteiger partial charge in [0.2, 0.25) is 5.91 Å². The largest absolute Gasteiger partial charge is 0.366 e. The van der Waals surface area contributed by atoms with E-state index in [2.05, 4.69) is 5.32 Å². The summed E-state index contributed by atoms with van der Waals surface area (Å²) in [6.45, 7) is 3.91.